The fraction of sp³-hybridized carbons (Fsp3) is 0.487. The summed E-state index contributed by atoms with van der Waals surface area (Å²) in [7, 11) is 0. The summed E-state index contributed by atoms with van der Waals surface area (Å²) in [6.45, 7) is 21.3. The second-order valence-corrected chi connectivity index (χ2v) is 15.8. The van der Waals surface area contributed by atoms with Crippen molar-refractivity contribution < 1.29 is 4.42 Å². The van der Waals surface area contributed by atoms with E-state index < -0.39 is 0 Å². The third kappa shape index (κ3) is 4.74. The van der Waals surface area contributed by atoms with Crippen LogP contribution >= 0.6 is 0 Å². The zero-order valence-electron chi connectivity index (χ0n) is 26.3. The minimum absolute atomic E-state index is 0.0287. The van der Waals surface area contributed by atoms with Gasteiger partial charge in [0, 0.05) is 10.9 Å². The molecule has 1 heteroatoms. The number of hydrogen-bond acceptors (Lipinski definition) is 1. The Morgan fingerprint density at radius 1 is 0.650 bits per heavy atom. The number of hydrogen-bond donors (Lipinski definition) is 0. The van der Waals surface area contributed by atoms with Gasteiger partial charge in [0.05, 0.1) is 6.26 Å². The van der Waals surface area contributed by atoms with E-state index in [0.717, 1.165) is 24.8 Å². The number of benzene rings is 3. The van der Waals surface area contributed by atoms with Crippen LogP contribution in [0.5, 0.6) is 0 Å². The van der Waals surface area contributed by atoms with Gasteiger partial charge in [-0.15, -0.1) is 0 Å². The Morgan fingerprint density at radius 2 is 1.38 bits per heavy atom. The molecule has 2 aliphatic rings. The van der Waals surface area contributed by atoms with Crippen molar-refractivity contribution in [2.45, 2.75) is 122 Å². The van der Waals surface area contributed by atoms with Crippen molar-refractivity contribution in [3.05, 3.63) is 105 Å². The van der Waals surface area contributed by atoms with Gasteiger partial charge in [-0.1, -0.05) is 105 Å². The standard InChI is InChI=1S/C39H48O/c1-37(2,3)33-12-10-11-26-19-25(14-15-30(26)33)27-20-28-21-29(22-32(28)34(23-27)38(4,5)6)31-16-13-24-17-18-40-36(24)35(31)39(7,8)9/h10-13,16-18,20,23,25,29H,14-15,19,21-22H2,1-9H3. The maximum absolute atomic E-state index is 6.09. The maximum atomic E-state index is 6.09. The molecule has 1 nitrogen and oxygen atoms in total. The SMILES string of the molecule is CC(C)(C)c1cccc2c1CCC(c1cc3c(c(C(C)(C)C)c1)CC(c1ccc4ccoc4c1C(C)(C)C)C3)C2. The summed E-state index contributed by atoms with van der Waals surface area (Å²) in [6, 6.07) is 19.0. The van der Waals surface area contributed by atoms with Crippen LogP contribution in [0.4, 0.5) is 0 Å². The molecule has 0 spiro atoms. The minimum atomic E-state index is 0.0287. The molecule has 1 aromatic heterocycles. The summed E-state index contributed by atoms with van der Waals surface area (Å²) < 4.78 is 6.09. The summed E-state index contributed by atoms with van der Waals surface area (Å²) >= 11 is 0. The summed E-state index contributed by atoms with van der Waals surface area (Å²) in [5.74, 6) is 1.09. The molecule has 1 heterocycles. The van der Waals surface area contributed by atoms with Crippen molar-refractivity contribution in [2.75, 3.05) is 0 Å². The second-order valence-electron chi connectivity index (χ2n) is 15.8. The predicted octanol–water partition coefficient (Wildman–Crippen LogP) is 10.5. The van der Waals surface area contributed by atoms with Crippen LogP contribution in [0.2, 0.25) is 0 Å². The van der Waals surface area contributed by atoms with Crippen LogP contribution in [0.15, 0.2) is 59.2 Å². The third-order valence-electron chi connectivity index (χ3n) is 9.69. The smallest absolute Gasteiger partial charge is 0.137 e. The fourth-order valence-corrected chi connectivity index (χ4v) is 7.84. The molecule has 2 atom stereocenters. The van der Waals surface area contributed by atoms with E-state index in [1.807, 2.05) is 6.26 Å². The highest BCUT2D eigenvalue weighted by molar-refractivity contribution is 5.83. The summed E-state index contributed by atoms with van der Waals surface area (Å²) in [5, 5.41) is 1.22. The topological polar surface area (TPSA) is 13.1 Å². The molecule has 0 fully saturated rings. The summed E-state index contributed by atoms with van der Waals surface area (Å²) in [4.78, 5) is 0. The highest BCUT2D eigenvalue weighted by Gasteiger charge is 2.35. The largest absolute Gasteiger partial charge is 0.464 e. The molecular weight excluding hydrogens is 484 g/mol. The van der Waals surface area contributed by atoms with Gasteiger partial charge in [0.1, 0.15) is 5.58 Å². The van der Waals surface area contributed by atoms with E-state index in [2.05, 4.69) is 111 Å². The quantitative estimate of drug-likeness (QED) is 0.250. The van der Waals surface area contributed by atoms with Crippen molar-refractivity contribution in [3.8, 4) is 0 Å². The molecule has 0 N–H and O–H groups in total. The molecule has 0 saturated heterocycles. The first kappa shape index (κ1) is 27.4. The van der Waals surface area contributed by atoms with Gasteiger partial charge in [0.25, 0.3) is 0 Å². The predicted molar refractivity (Wildman–Crippen MR) is 170 cm³/mol. The van der Waals surface area contributed by atoms with Crippen LogP contribution in [0.1, 0.15) is 131 Å². The number of furan rings is 1. The molecule has 0 amide bonds. The number of rotatable bonds is 2. The minimum Gasteiger partial charge on any atom is -0.464 e. The summed E-state index contributed by atoms with van der Waals surface area (Å²) in [5.41, 5.74) is 15.3. The Kier molecular flexibility index (Phi) is 6.41. The van der Waals surface area contributed by atoms with Crippen LogP contribution in [-0.2, 0) is 41.9 Å². The Morgan fingerprint density at radius 3 is 2.08 bits per heavy atom. The van der Waals surface area contributed by atoms with E-state index in [9.17, 15) is 0 Å². The highest BCUT2D eigenvalue weighted by atomic mass is 16.3. The first-order valence-corrected chi connectivity index (χ1v) is 15.5. The summed E-state index contributed by atoms with van der Waals surface area (Å²) in [6.07, 6.45) is 7.70. The molecular formula is C39H48O. The molecule has 4 aromatic rings. The third-order valence-corrected chi connectivity index (χ3v) is 9.69. The lowest BCUT2D eigenvalue weighted by Gasteiger charge is -2.32. The van der Waals surface area contributed by atoms with E-state index >= 15 is 0 Å². The first-order valence-electron chi connectivity index (χ1n) is 15.5. The normalized spacial score (nSPS) is 19.6. The van der Waals surface area contributed by atoms with E-state index in [4.69, 9.17) is 4.42 Å². The molecule has 0 saturated carbocycles. The Balaban J connectivity index is 1.39. The Labute approximate surface area is 242 Å². The van der Waals surface area contributed by atoms with Crippen molar-refractivity contribution in [1.29, 1.82) is 0 Å². The van der Waals surface area contributed by atoms with Crippen LogP contribution in [0.3, 0.4) is 0 Å². The van der Waals surface area contributed by atoms with E-state index in [1.165, 1.54) is 29.4 Å². The zero-order chi connectivity index (χ0) is 28.6. The van der Waals surface area contributed by atoms with Crippen molar-refractivity contribution in [2.24, 2.45) is 0 Å². The lowest BCUT2D eigenvalue weighted by Crippen LogP contribution is -2.21. The van der Waals surface area contributed by atoms with Crippen molar-refractivity contribution >= 4 is 11.0 Å². The Bertz CT molecular complexity index is 1570. The monoisotopic (exact) mass is 532 g/mol. The van der Waals surface area contributed by atoms with E-state index in [0.29, 0.717) is 11.8 Å². The van der Waals surface area contributed by atoms with Gasteiger partial charge in [-0.25, -0.2) is 0 Å². The average Bonchev–Trinajstić information content (AvgIpc) is 3.51. The van der Waals surface area contributed by atoms with Gasteiger partial charge in [-0.2, -0.15) is 0 Å². The molecule has 0 bridgehead atoms. The lowest BCUT2D eigenvalue weighted by atomic mass is 9.72. The molecule has 2 unspecified atom stereocenters. The highest BCUT2D eigenvalue weighted by Crippen LogP contribution is 2.47. The van der Waals surface area contributed by atoms with Gasteiger partial charge in [0.15, 0.2) is 0 Å². The second kappa shape index (κ2) is 9.37. The van der Waals surface area contributed by atoms with Gasteiger partial charge in [0.2, 0.25) is 0 Å². The van der Waals surface area contributed by atoms with E-state index in [1.54, 1.807) is 38.9 Å². The zero-order valence-corrected chi connectivity index (χ0v) is 26.3. The van der Waals surface area contributed by atoms with Gasteiger partial charge in [-0.3, -0.25) is 0 Å². The van der Waals surface area contributed by atoms with Crippen molar-refractivity contribution in [3.63, 3.8) is 0 Å². The van der Waals surface area contributed by atoms with Gasteiger partial charge in [-0.05, 0) is 111 Å². The molecule has 0 radical (unpaired) electrons. The molecule has 0 aliphatic heterocycles. The lowest BCUT2D eigenvalue weighted by molar-refractivity contribution is 0.540. The number of fused-ring (bicyclic) bond motifs is 3. The molecule has 6 rings (SSSR count). The maximum Gasteiger partial charge on any atom is 0.137 e. The molecule has 210 valence electrons. The van der Waals surface area contributed by atoms with E-state index in [-0.39, 0.29) is 16.2 Å². The average molecular weight is 533 g/mol. The van der Waals surface area contributed by atoms with Crippen molar-refractivity contribution in [1.82, 2.24) is 0 Å². The van der Waals surface area contributed by atoms with Gasteiger partial charge < -0.3 is 4.42 Å². The first-order chi connectivity index (χ1) is 18.7. The van der Waals surface area contributed by atoms with Gasteiger partial charge >= 0.3 is 0 Å². The fourth-order valence-electron chi connectivity index (χ4n) is 7.84. The van der Waals surface area contributed by atoms with Crippen LogP contribution in [0, 0.1) is 0 Å². The molecule has 40 heavy (non-hydrogen) atoms. The molecule has 2 aliphatic carbocycles. The van der Waals surface area contributed by atoms with Crippen LogP contribution in [0.25, 0.3) is 11.0 Å². The van der Waals surface area contributed by atoms with Crippen LogP contribution < -0.4 is 0 Å². The van der Waals surface area contributed by atoms with Crippen LogP contribution in [-0.4, -0.2) is 0 Å². The molecule has 3 aromatic carbocycles. The Hall–Kier alpha value is -2.80.